The van der Waals surface area contributed by atoms with Crippen LogP contribution in [0.2, 0.25) is 0 Å². The van der Waals surface area contributed by atoms with Crippen molar-refractivity contribution in [2.24, 2.45) is 11.8 Å². The SMILES string of the molecule is CN(Cc1ccc(Oc2ccc(F)cc2)cc1)C(=O)OC(=O)C1CCC1C(=O)OC(=O)N(C)Cc1ccc(Oc2ccc(F)cc2)cc1. The molecule has 0 N–H and O–H groups in total. The molecule has 10 nitrogen and oxygen atoms in total. The van der Waals surface area contributed by atoms with Gasteiger partial charge in [0.2, 0.25) is 0 Å². The van der Waals surface area contributed by atoms with Crippen LogP contribution in [0.3, 0.4) is 0 Å². The molecule has 248 valence electrons. The van der Waals surface area contributed by atoms with Gasteiger partial charge in [-0.15, -0.1) is 0 Å². The zero-order valence-electron chi connectivity index (χ0n) is 26.1. The van der Waals surface area contributed by atoms with Crippen LogP contribution in [-0.2, 0) is 32.2 Å². The van der Waals surface area contributed by atoms with Crippen LogP contribution < -0.4 is 9.47 Å². The van der Waals surface area contributed by atoms with Crippen LogP contribution in [0.15, 0.2) is 97.1 Å². The molecule has 2 unspecified atom stereocenters. The highest BCUT2D eigenvalue weighted by Crippen LogP contribution is 2.36. The number of nitrogens with zero attached hydrogens (tertiary/aromatic N) is 2. The van der Waals surface area contributed by atoms with E-state index < -0.39 is 36.0 Å². The summed E-state index contributed by atoms with van der Waals surface area (Å²) in [5.74, 6) is -2.33. The Kier molecular flexibility index (Phi) is 10.6. The zero-order chi connectivity index (χ0) is 34.2. The molecule has 0 heterocycles. The Labute approximate surface area is 275 Å². The second-order valence-electron chi connectivity index (χ2n) is 11.3. The highest BCUT2D eigenvalue weighted by molar-refractivity contribution is 5.93. The number of halogens is 2. The van der Waals surface area contributed by atoms with Gasteiger partial charge >= 0.3 is 24.1 Å². The summed E-state index contributed by atoms with van der Waals surface area (Å²) in [6, 6.07) is 24.9. The van der Waals surface area contributed by atoms with Gasteiger partial charge in [-0.3, -0.25) is 9.59 Å². The Morgan fingerprint density at radius 2 is 0.833 bits per heavy atom. The molecule has 1 aliphatic rings. The second kappa shape index (κ2) is 15.2. The summed E-state index contributed by atoms with van der Waals surface area (Å²) in [5, 5.41) is 0. The minimum Gasteiger partial charge on any atom is -0.457 e. The van der Waals surface area contributed by atoms with E-state index in [0.29, 0.717) is 35.8 Å². The smallest absolute Gasteiger partial charge is 0.417 e. The molecule has 1 fully saturated rings. The molecule has 0 aromatic heterocycles. The first-order chi connectivity index (χ1) is 23.0. The summed E-state index contributed by atoms with van der Waals surface area (Å²) in [7, 11) is 2.93. The average molecular weight is 659 g/mol. The van der Waals surface area contributed by atoms with Gasteiger partial charge in [0, 0.05) is 27.2 Å². The first kappa shape index (κ1) is 33.6. The van der Waals surface area contributed by atoms with Crippen molar-refractivity contribution in [2.75, 3.05) is 14.1 Å². The standard InChI is InChI=1S/C36H32F2N2O8/c1-39(21-23-3-11-27(12-4-23)45-29-15-7-25(37)8-16-29)35(43)47-33(41)31-19-20-32(31)34(42)48-36(44)40(2)22-24-5-13-28(14-6-24)46-30-17-9-26(38)10-18-30/h3-18,31-32H,19-22H2,1-2H3. The van der Waals surface area contributed by atoms with Crippen LogP contribution in [0, 0.1) is 23.5 Å². The number of carbonyl (C=O) groups is 4. The summed E-state index contributed by atoms with van der Waals surface area (Å²) in [4.78, 5) is 53.1. The molecular weight excluding hydrogens is 626 g/mol. The van der Waals surface area contributed by atoms with Crippen molar-refractivity contribution in [3.05, 3.63) is 120 Å². The summed E-state index contributed by atoms with van der Waals surface area (Å²) >= 11 is 0. The number of hydrogen-bond donors (Lipinski definition) is 0. The van der Waals surface area contributed by atoms with Crippen LogP contribution >= 0.6 is 0 Å². The molecule has 1 aliphatic carbocycles. The fourth-order valence-electron chi connectivity index (χ4n) is 4.82. The fraction of sp³-hybridized carbons (Fsp3) is 0.222. The third kappa shape index (κ3) is 8.93. The highest BCUT2D eigenvalue weighted by atomic mass is 19.1. The van der Waals surface area contributed by atoms with Gasteiger partial charge in [0.25, 0.3) is 0 Å². The molecule has 4 aromatic rings. The lowest BCUT2D eigenvalue weighted by atomic mass is 9.74. The Hall–Kier alpha value is -5.78. The first-order valence-corrected chi connectivity index (χ1v) is 15.0. The van der Waals surface area contributed by atoms with Crippen LogP contribution in [0.1, 0.15) is 24.0 Å². The zero-order valence-corrected chi connectivity index (χ0v) is 26.1. The number of benzene rings is 4. The van der Waals surface area contributed by atoms with Crippen molar-refractivity contribution in [1.29, 1.82) is 0 Å². The van der Waals surface area contributed by atoms with E-state index in [0.717, 1.165) is 11.1 Å². The predicted molar refractivity (Wildman–Crippen MR) is 168 cm³/mol. The van der Waals surface area contributed by atoms with Gasteiger partial charge in [-0.2, -0.15) is 0 Å². The van der Waals surface area contributed by atoms with Gasteiger partial charge in [0.05, 0.1) is 11.8 Å². The van der Waals surface area contributed by atoms with E-state index in [9.17, 15) is 28.0 Å². The third-order valence-electron chi connectivity index (χ3n) is 7.66. The molecule has 12 heteroatoms. The Morgan fingerprint density at radius 1 is 0.542 bits per heavy atom. The number of carbonyl (C=O) groups excluding carboxylic acids is 4. The lowest BCUT2D eigenvalue weighted by molar-refractivity contribution is -0.161. The fourth-order valence-corrected chi connectivity index (χ4v) is 4.82. The van der Waals surface area contributed by atoms with E-state index in [1.807, 2.05) is 0 Å². The van der Waals surface area contributed by atoms with E-state index in [4.69, 9.17) is 18.9 Å². The maximum absolute atomic E-state index is 13.1. The first-order valence-electron chi connectivity index (χ1n) is 15.0. The molecule has 0 aliphatic heterocycles. The Bertz CT molecular complexity index is 1620. The summed E-state index contributed by atoms with van der Waals surface area (Å²) in [6.45, 7) is 0.258. The van der Waals surface area contributed by atoms with E-state index in [-0.39, 0.29) is 24.7 Å². The molecule has 2 amide bonds. The second-order valence-corrected chi connectivity index (χ2v) is 11.3. The molecule has 0 bridgehead atoms. The van der Waals surface area contributed by atoms with E-state index in [2.05, 4.69) is 0 Å². The van der Waals surface area contributed by atoms with Crippen molar-refractivity contribution in [2.45, 2.75) is 25.9 Å². The number of ether oxygens (including phenoxy) is 4. The molecule has 1 saturated carbocycles. The molecule has 0 saturated heterocycles. The van der Waals surface area contributed by atoms with Crippen LogP contribution in [0.25, 0.3) is 0 Å². The van der Waals surface area contributed by atoms with Crippen molar-refractivity contribution in [3.63, 3.8) is 0 Å². The molecule has 4 aromatic carbocycles. The van der Waals surface area contributed by atoms with Crippen molar-refractivity contribution >= 4 is 24.1 Å². The van der Waals surface area contributed by atoms with Gasteiger partial charge < -0.3 is 28.7 Å². The Morgan fingerprint density at radius 3 is 1.12 bits per heavy atom. The molecule has 0 spiro atoms. The topological polar surface area (TPSA) is 112 Å². The quantitative estimate of drug-likeness (QED) is 0.128. The van der Waals surface area contributed by atoms with Gasteiger partial charge in [0.15, 0.2) is 0 Å². The number of rotatable bonds is 10. The monoisotopic (exact) mass is 658 g/mol. The molecule has 5 rings (SSSR count). The maximum atomic E-state index is 13.1. The summed E-state index contributed by atoms with van der Waals surface area (Å²) in [6.07, 6.45) is -1.17. The maximum Gasteiger partial charge on any atom is 0.417 e. The van der Waals surface area contributed by atoms with Gasteiger partial charge in [-0.05, 0) is 96.8 Å². The van der Waals surface area contributed by atoms with E-state index in [1.165, 1.54) is 72.4 Å². The average Bonchev–Trinajstić information content (AvgIpc) is 3.04. The number of amides is 2. The number of hydrogen-bond acceptors (Lipinski definition) is 8. The minimum atomic E-state index is -0.912. The lowest BCUT2D eigenvalue weighted by Crippen LogP contribution is -2.43. The van der Waals surface area contributed by atoms with Gasteiger partial charge in [-0.25, -0.2) is 18.4 Å². The minimum absolute atomic E-state index is 0.129. The van der Waals surface area contributed by atoms with Crippen LogP contribution in [0.5, 0.6) is 23.0 Å². The van der Waals surface area contributed by atoms with Gasteiger partial charge in [0.1, 0.15) is 34.6 Å². The predicted octanol–water partition coefficient (Wildman–Crippen LogP) is 7.47. The molecular formula is C36H32F2N2O8. The summed E-state index contributed by atoms with van der Waals surface area (Å²) < 4.78 is 47.6. The van der Waals surface area contributed by atoms with Crippen molar-refractivity contribution < 1.29 is 46.9 Å². The molecule has 0 radical (unpaired) electrons. The third-order valence-corrected chi connectivity index (χ3v) is 7.66. The Balaban J connectivity index is 1.04. The highest BCUT2D eigenvalue weighted by Gasteiger charge is 2.45. The van der Waals surface area contributed by atoms with E-state index >= 15 is 0 Å². The number of esters is 2. The molecule has 48 heavy (non-hydrogen) atoms. The summed E-state index contributed by atoms with van der Waals surface area (Å²) in [5.41, 5.74) is 1.46. The van der Waals surface area contributed by atoms with E-state index in [1.54, 1.807) is 48.5 Å². The van der Waals surface area contributed by atoms with Crippen molar-refractivity contribution in [1.82, 2.24) is 9.80 Å². The largest absolute Gasteiger partial charge is 0.457 e. The van der Waals surface area contributed by atoms with Crippen LogP contribution in [0.4, 0.5) is 18.4 Å². The van der Waals surface area contributed by atoms with Crippen molar-refractivity contribution in [3.8, 4) is 23.0 Å². The lowest BCUT2D eigenvalue weighted by Gasteiger charge is -2.32. The normalized spacial score (nSPS) is 15.0. The van der Waals surface area contributed by atoms with Gasteiger partial charge in [-0.1, -0.05) is 24.3 Å². The molecule has 2 atom stereocenters. The van der Waals surface area contributed by atoms with Crippen LogP contribution in [-0.4, -0.2) is 48.0 Å².